The Morgan fingerprint density at radius 1 is 1.22 bits per heavy atom. The van der Waals surface area contributed by atoms with Gasteiger partial charge in [0.2, 0.25) is 5.78 Å². The average molecular weight is 240 g/mol. The molecule has 0 amide bonds. The Labute approximate surface area is 103 Å². The Kier molecular flexibility index (Phi) is 2.94. The molecule has 2 rings (SSSR count). The first-order valence-corrected chi connectivity index (χ1v) is 5.05. The molecule has 2 N–H and O–H groups in total. The van der Waals surface area contributed by atoms with Crippen molar-refractivity contribution in [3.8, 4) is 17.6 Å². The summed E-state index contributed by atoms with van der Waals surface area (Å²) in [4.78, 5) is 15.8. The highest BCUT2D eigenvalue weighted by Crippen LogP contribution is 2.24. The molecule has 1 aromatic carbocycles. The first kappa shape index (κ1) is 11.6. The number of rotatable bonds is 2. The molecule has 18 heavy (non-hydrogen) atoms. The molecule has 0 spiro atoms. The average Bonchev–Trinajstić information content (AvgIpc) is 2.39. The molecule has 0 aliphatic carbocycles. The van der Waals surface area contributed by atoms with E-state index in [1.165, 1.54) is 36.5 Å². The van der Waals surface area contributed by atoms with Crippen LogP contribution < -0.4 is 0 Å². The van der Waals surface area contributed by atoms with Gasteiger partial charge < -0.3 is 10.2 Å². The van der Waals surface area contributed by atoms with Gasteiger partial charge in [0.1, 0.15) is 11.5 Å². The second-order valence-electron chi connectivity index (χ2n) is 3.54. The molecule has 0 saturated carbocycles. The third-order valence-electron chi connectivity index (χ3n) is 2.37. The number of benzene rings is 1. The first-order valence-electron chi connectivity index (χ1n) is 5.05. The standard InChI is InChI=1S/C13H8N2O3/c14-7-8-3-4-10(16)9(6-8)13(18)12-11(17)2-1-5-15-12/h1-6,16-17H. The molecule has 1 heterocycles. The van der Waals surface area contributed by atoms with Crippen LogP contribution in [0.2, 0.25) is 0 Å². The maximum Gasteiger partial charge on any atom is 0.218 e. The molecule has 0 saturated heterocycles. The summed E-state index contributed by atoms with van der Waals surface area (Å²) in [6.07, 6.45) is 1.36. The molecule has 0 radical (unpaired) electrons. The van der Waals surface area contributed by atoms with Crippen LogP contribution in [0.15, 0.2) is 36.5 Å². The molecule has 0 unspecified atom stereocenters. The van der Waals surface area contributed by atoms with E-state index in [-0.39, 0.29) is 28.3 Å². The normalized spacial score (nSPS) is 9.72. The number of ketones is 1. The van der Waals surface area contributed by atoms with Crippen LogP contribution in [-0.4, -0.2) is 21.0 Å². The van der Waals surface area contributed by atoms with Crippen molar-refractivity contribution in [2.24, 2.45) is 0 Å². The predicted molar refractivity (Wildman–Crippen MR) is 62.2 cm³/mol. The first-order chi connectivity index (χ1) is 8.63. The zero-order chi connectivity index (χ0) is 13.1. The van der Waals surface area contributed by atoms with Gasteiger partial charge in [0.15, 0.2) is 5.69 Å². The maximum absolute atomic E-state index is 12.1. The number of carbonyl (C=O) groups excluding carboxylic acids is 1. The monoisotopic (exact) mass is 240 g/mol. The third kappa shape index (κ3) is 1.99. The van der Waals surface area contributed by atoms with Crippen LogP contribution in [0.3, 0.4) is 0 Å². The SMILES string of the molecule is N#Cc1ccc(O)c(C(=O)c2ncccc2O)c1. The predicted octanol–water partition coefficient (Wildman–Crippen LogP) is 1.60. The Morgan fingerprint density at radius 3 is 2.67 bits per heavy atom. The molecule has 0 atom stereocenters. The van der Waals surface area contributed by atoms with E-state index in [1.54, 1.807) is 0 Å². The molecular weight excluding hydrogens is 232 g/mol. The zero-order valence-corrected chi connectivity index (χ0v) is 9.16. The largest absolute Gasteiger partial charge is 0.507 e. The number of phenols is 1. The van der Waals surface area contributed by atoms with Gasteiger partial charge in [-0.1, -0.05) is 0 Å². The van der Waals surface area contributed by atoms with Gasteiger partial charge in [0.05, 0.1) is 17.2 Å². The second kappa shape index (κ2) is 4.55. The molecule has 1 aromatic heterocycles. The number of aromatic hydroxyl groups is 2. The fourth-order valence-electron chi connectivity index (χ4n) is 1.49. The summed E-state index contributed by atoms with van der Waals surface area (Å²) in [7, 11) is 0. The fourth-order valence-corrected chi connectivity index (χ4v) is 1.49. The van der Waals surface area contributed by atoms with Gasteiger partial charge in [-0.05, 0) is 30.3 Å². The Hall–Kier alpha value is -2.87. The molecule has 0 aliphatic heterocycles. The number of phenolic OH excluding ortho intramolecular Hbond substituents is 1. The molecular formula is C13H8N2O3. The van der Waals surface area contributed by atoms with Gasteiger partial charge in [-0.15, -0.1) is 0 Å². The van der Waals surface area contributed by atoms with Gasteiger partial charge in [-0.25, -0.2) is 4.98 Å². The lowest BCUT2D eigenvalue weighted by Crippen LogP contribution is -2.05. The van der Waals surface area contributed by atoms with Crippen molar-refractivity contribution in [3.05, 3.63) is 53.3 Å². The van der Waals surface area contributed by atoms with Gasteiger partial charge in [-0.3, -0.25) is 4.79 Å². The number of hydrogen-bond acceptors (Lipinski definition) is 5. The van der Waals surface area contributed by atoms with Crippen LogP contribution in [0.4, 0.5) is 0 Å². The Bertz CT molecular complexity index is 660. The summed E-state index contributed by atoms with van der Waals surface area (Å²) >= 11 is 0. The lowest BCUT2D eigenvalue weighted by atomic mass is 10.0. The van der Waals surface area contributed by atoms with E-state index in [1.807, 2.05) is 6.07 Å². The number of carbonyl (C=O) groups is 1. The summed E-state index contributed by atoms with van der Waals surface area (Å²) in [5, 5.41) is 27.9. The minimum atomic E-state index is -0.636. The maximum atomic E-state index is 12.1. The van der Waals surface area contributed by atoms with Crippen molar-refractivity contribution < 1.29 is 15.0 Å². The van der Waals surface area contributed by atoms with Gasteiger partial charge >= 0.3 is 0 Å². The second-order valence-corrected chi connectivity index (χ2v) is 3.54. The van der Waals surface area contributed by atoms with Gasteiger partial charge in [-0.2, -0.15) is 5.26 Å². The summed E-state index contributed by atoms with van der Waals surface area (Å²) in [5.74, 6) is -1.17. The Morgan fingerprint density at radius 2 is 2.00 bits per heavy atom. The quantitative estimate of drug-likeness (QED) is 0.777. The van der Waals surface area contributed by atoms with E-state index in [4.69, 9.17) is 5.26 Å². The third-order valence-corrected chi connectivity index (χ3v) is 2.37. The van der Waals surface area contributed by atoms with E-state index >= 15 is 0 Å². The topological polar surface area (TPSA) is 94.2 Å². The lowest BCUT2D eigenvalue weighted by Gasteiger charge is -2.05. The Balaban J connectivity index is 2.53. The number of nitriles is 1. The molecule has 0 fully saturated rings. The van der Waals surface area contributed by atoms with Crippen molar-refractivity contribution in [1.29, 1.82) is 5.26 Å². The molecule has 5 heteroatoms. The summed E-state index contributed by atoms with van der Waals surface area (Å²) in [6, 6.07) is 8.58. The van der Waals surface area contributed by atoms with Crippen LogP contribution in [0.25, 0.3) is 0 Å². The zero-order valence-electron chi connectivity index (χ0n) is 9.16. The molecule has 0 aliphatic rings. The summed E-state index contributed by atoms with van der Waals surface area (Å²) in [5.41, 5.74) is 0.0116. The molecule has 88 valence electrons. The highest BCUT2D eigenvalue weighted by atomic mass is 16.3. The highest BCUT2D eigenvalue weighted by Gasteiger charge is 2.18. The van der Waals surface area contributed by atoms with E-state index in [0.717, 1.165) is 0 Å². The van der Waals surface area contributed by atoms with Crippen LogP contribution in [0.1, 0.15) is 21.6 Å². The highest BCUT2D eigenvalue weighted by molar-refractivity contribution is 6.11. The molecule has 5 nitrogen and oxygen atoms in total. The van der Waals surface area contributed by atoms with Crippen molar-refractivity contribution in [3.63, 3.8) is 0 Å². The lowest BCUT2D eigenvalue weighted by molar-refractivity contribution is 0.102. The van der Waals surface area contributed by atoms with Crippen LogP contribution in [0, 0.1) is 11.3 Å². The van der Waals surface area contributed by atoms with Gasteiger partial charge in [0.25, 0.3) is 0 Å². The number of hydrogen-bond donors (Lipinski definition) is 2. The van der Waals surface area contributed by atoms with E-state index in [9.17, 15) is 15.0 Å². The molecule has 0 bridgehead atoms. The van der Waals surface area contributed by atoms with Crippen molar-refractivity contribution in [2.45, 2.75) is 0 Å². The smallest absolute Gasteiger partial charge is 0.218 e. The number of pyridine rings is 1. The van der Waals surface area contributed by atoms with E-state index in [2.05, 4.69) is 4.98 Å². The van der Waals surface area contributed by atoms with E-state index in [0.29, 0.717) is 0 Å². The van der Waals surface area contributed by atoms with Crippen LogP contribution in [-0.2, 0) is 0 Å². The summed E-state index contributed by atoms with van der Waals surface area (Å²) in [6.45, 7) is 0. The van der Waals surface area contributed by atoms with E-state index < -0.39 is 5.78 Å². The van der Waals surface area contributed by atoms with Crippen molar-refractivity contribution in [2.75, 3.05) is 0 Å². The number of aromatic nitrogens is 1. The van der Waals surface area contributed by atoms with Crippen LogP contribution in [0.5, 0.6) is 11.5 Å². The minimum absolute atomic E-state index is 0.0666. The van der Waals surface area contributed by atoms with Crippen molar-refractivity contribution >= 4 is 5.78 Å². The van der Waals surface area contributed by atoms with Crippen LogP contribution >= 0.6 is 0 Å². The summed E-state index contributed by atoms with van der Waals surface area (Å²) < 4.78 is 0. The minimum Gasteiger partial charge on any atom is -0.507 e. The fraction of sp³-hybridized carbons (Fsp3) is 0. The number of nitrogens with zero attached hydrogens (tertiary/aromatic N) is 2. The van der Waals surface area contributed by atoms with Crippen molar-refractivity contribution in [1.82, 2.24) is 4.98 Å². The van der Waals surface area contributed by atoms with Gasteiger partial charge in [0, 0.05) is 6.20 Å². The molecule has 2 aromatic rings.